The zero-order chi connectivity index (χ0) is 14.7. The predicted molar refractivity (Wildman–Crippen MR) is 83.6 cm³/mol. The van der Waals surface area contributed by atoms with Crippen LogP contribution in [0.3, 0.4) is 0 Å². The van der Waals surface area contributed by atoms with Crippen LogP contribution in [0.25, 0.3) is 0 Å². The Bertz CT molecular complexity index is 181. The van der Waals surface area contributed by atoms with E-state index in [1.165, 1.54) is 38.5 Å². The molecule has 19 heavy (non-hydrogen) atoms. The lowest BCUT2D eigenvalue weighted by molar-refractivity contribution is -0.0661. The van der Waals surface area contributed by atoms with Crippen molar-refractivity contribution in [3.8, 4) is 0 Å². The maximum absolute atomic E-state index is 5.58. The Kier molecular flexibility index (Phi) is 10.6. The summed E-state index contributed by atoms with van der Waals surface area (Å²) in [5, 5.41) is 0. The zero-order valence-electron chi connectivity index (χ0n) is 14.1. The predicted octanol–water partition coefficient (Wildman–Crippen LogP) is 4.92. The Balaban J connectivity index is 4.91. The molecule has 2 atom stereocenters. The fraction of sp³-hybridized carbons (Fsp3) is 1.00. The third-order valence-corrected chi connectivity index (χ3v) is 4.77. The van der Waals surface area contributed by atoms with E-state index in [0.29, 0.717) is 11.8 Å². The van der Waals surface area contributed by atoms with Crippen molar-refractivity contribution in [2.75, 3.05) is 27.4 Å². The Morgan fingerprint density at radius 2 is 1.16 bits per heavy atom. The first-order chi connectivity index (χ1) is 9.08. The molecule has 0 saturated heterocycles. The summed E-state index contributed by atoms with van der Waals surface area (Å²) < 4.78 is 11.2. The molecule has 0 N–H and O–H groups in total. The minimum Gasteiger partial charge on any atom is -0.384 e. The fourth-order valence-corrected chi connectivity index (χ4v) is 3.23. The van der Waals surface area contributed by atoms with Crippen molar-refractivity contribution < 1.29 is 9.47 Å². The summed E-state index contributed by atoms with van der Waals surface area (Å²) in [5.74, 6) is 1.30. The first-order valence-corrected chi connectivity index (χ1v) is 8.06. The van der Waals surface area contributed by atoms with Gasteiger partial charge in [-0.2, -0.15) is 0 Å². The third kappa shape index (κ3) is 5.83. The molecule has 0 aliphatic heterocycles. The van der Waals surface area contributed by atoms with Crippen molar-refractivity contribution >= 4 is 0 Å². The van der Waals surface area contributed by atoms with E-state index in [9.17, 15) is 0 Å². The molecule has 116 valence electrons. The van der Waals surface area contributed by atoms with Gasteiger partial charge in [0.25, 0.3) is 0 Å². The van der Waals surface area contributed by atoms with Gasteiger partial charge in [-0.15, -0.1) is 0 Å². The van der Waals surface area contributed by atoms with Crippen molar-refractivity contribution in [2.45, 2.75) is 66.2 Å². The van der Waals surface area contributed by atoms with Gasteiger partial charge in [-0.25, -0.2) is 0 Å². The lowest BCUT2D eigenvalue weighted by Gasteiger charge is -2.43. The van der Waals surface area contributed by atoms with Crippen molar-refractivity contribution in [1.29, 1.82) is 0 Å². The Morgan fingerprint density at radius 1 is 0.789 bits per heavy atom. The van der Waals surface area contributed by atoms with Crippen molar-refractivity contribution in [3.63, 3.8) is 0 Å². The number of hydrogen-bond acceptors (Lipinski definition) is 2. The van der Waals surface area contributed by atoms with Gasteiger partial charge in [0, 0.05) is 19.6 Å². The minimum absolute atomic E-state index is 0.174. The van der Waals surface area contributed by atoms with E-state index in [-0.39, 0.29) is 5.41 Å². The summed E-state index contributed by atoms with van der Waals surface area (Å²) in [7, 11) is 3.65. The molecule has 0 radical (unpaired) electrons. The molecule has 0 saturated carbocycles. The summed E-state index contributed by atoms with van der Waals surface area (Å²) in [6, 6.07) is 0. The van der Waals surface area contributed by atoms with Gasteiger partial charge in [0.15, 0.2) is 0 Å². The molecular weight excluding hydrogens is 236 g/mol. The minimum atomic E-state index is 0.174. The SMILES string of the molecule is CCCCC(C)C(COC)(COC)C(C)CCCC. The Labute approximate surface area is 121 Å². The van der Waals surface area contributed by atoms with Crippen molar-refractivity contribution in [3.05, 3.63) is 0 Å². The molecule has 0 aliphatic rings. The largest absolute Gasteiger partial charge is 0.384 e. The van der Waals surface area contributed by atoms with E-state index in [4.69, 9.17) is 9.47 Å². The summed E-state index contributed by atoms with van der Waals surface area (Å²) in [6.07, 6.45) is 7.69. The van der Waals surface area contributed by atoms with Gasteiger partial charge < -0.3 is 9.47 Å². The van der Waals surface area contributed by atoms with E-state index in [0.717, 1.165) is 13.2 Å². The van der Waals surface area contributed by atoms with Gasteiger partial charge >= 0.3 is 0 Å². The molecule has 0 aromatic carbocycles. The first-order valence-electron chi connectivity index (χ1n) is 8.06. The van der Waals surface area contributed by atoms with E-state index in [1.807, 2.05) is 14.2 Å². The van der Waals surface area contributed by atoms with Crippen LogP contribution in [0.5, 0.6) is 0 Å². The van der Waals surface area contributed by atoms with Crippen molar-refractivity contribution in [1.82, 2.24) is 0 Å². The number of hydrogen-bond donors (Lipinski definition) is 0. The molecule has 2 nitrogen and oxygen atoms in total. The highest BCUT2D eigenvalue weighted by Gasteiger charge is 2.40. The normalized spacial score (nSPS) is 15.5. The summed E-state index contributed by atoms with van der Waals surface area (Å²) in [6.45, 7) is 10.9. The van der Waals surface area contributed by atoms with Crippen LogP contribution in [0.4, 0.5) is 0 Å². The van der Waals surface area contributed by atoms with Crippen LogP contribution in [0.15, 0.2) is 0 Å². The van der Waals surface area contributed by atoms with Crippen molar-refractivity contribution in [2.24, 2.45) is 17.3 Å². The van der Waals surface area contributed by atoms with Gasteiger partial charge in [-0.05, 0) is 11.8 Å². The van der Waals surface area contributed by atoms with Gasteiger partial charge in [0.1, 0.15) is 0 Å². The molecular formula is C17H36O2. The van der Waals surface area contributed by atoms with Crippen LogP contribution < -0.4 is 0 Å². The van der Waals surface area contributed by atoms with Crippen LogP contribution in [0.1, 0.15) is 66.2 Å². The molecule has 0 amide bonds. The van der Waals surface area contributed by atoms with E-state index in [1.54, 1.807) is 0 Å². The molecule has 0 heterocycles. The summed E-state index contributed by atoms with van der Waals surface area (Å²) in [5.41, 5.74) is 0.174. The molecule has 0 fully saturated rings. The lowest BCUT2D eigenvalue weighted by atomic mass is 9.65. The first kappa shape index (κ1) is 18.9. The molecule has 2 heteroatoms. The Morgan fingerprint density at radius 3 is 1.42 bits per heavy atom. The number of unbranched alkanes of at least 4 members (excludes halogenated alkanes) is 2. The maximum Gasteiger partial charge on any atom is 0.0545 e. The molecule has 0 aromatic heterocycles. The quantitative estimate of drug-likeness (QED) is 0.502. The van der Waals surface area contributed by atoms with Crippen LogP contribution in [0.2, 0.25) is 0 Å². The highest BCUT2D eigenvalue weighted by Crippen LogP contribution is 2.41. The maximum atomic E-state index is 5.58. The van der Waals surface area contributed by atoms with Crippen LogP contribution >= 0.6 is 0 Å². The molecule has 2 unspecified atom stereocenters. The van der Waals surface area contributed by atoms with Crippen LogP contribution in [-0.2, 0) is 9.47 Å². The smallest absolute Gasteiger partial charge is 0.0545 e. The van der Waals surface area contributed by atoms with E-state index >= 15 is 0 Å². The monoisotopic (exact) mass is 272 g/mol. The number of rotatable bonds is 12. The highest BCUT2D eigenvalue weighted by molar-refractivity contribution is 4.89. The summed E-state index contributed by atoms with van der Waals surface area (Å²) in [4.78, 5) is 0. The number of ether oxygens (including phenoxy) is 2. The lowest BCUT2D eigenvalue weighted by Crippen LogP contribution is -2.44. The average Bonchev–Trinajstić information content (AvgIpc) is 2.41. The second kappa shape index (κ2) is 10.7. The summed E-state index contributed by atoms with van der Waals surface area (Å²) >= 11 is 0. The zero-order valence-corrected chi connectivity index (χ0v) is 14.1. The second-order valence-electron chi connectivity index (χ2n) is 6.19. The topological polar surface area (TPSA) is 18.5 Å². The standard InChI is InChI=1S/C17H36O2/c1-7-9-11-15(3)17(13-18-5,14-19-6)16(4)12-10-8-2/h15-16H,7-14H2,1-6H3. The van der Waals surface area contributed by atoms with Gasteiger partial charge in [-0.1, -0.05) is 66.2 Å². The van der Waals surface area contributed by atoms with E-state index in [2.05, 4.69) is 27.7 Å². The molecule has 0 spiro atoms. The third-order valence-electron chi connectivity index (χ3n) is 4.77. The molecule has 0 aliphatic carbocycles. The van der Waals surface area contributed by atoms with Crippen LogP contribution in [0, 0.1) is 17.3 Å². The highest BCUT2D eigenvalue weighted by atomic mass is 16.5. The van der Waals surface area contributed by atoms with E-state index < -0.39 is 0 Å². The molecule has 0 aromatic rings. The van der Waals surface area contributed by atoms with Crippen LogP contribution in [-0.4, -0.2) is 27.4 Å². The van der Waals surface area contributed by atoms with Gasteiger partial charge in [0.2, 0.25) is 0 Å². The van der Waals surface area contributed by atoms with Gasteiger partial charge in [-0.3, -0.25) is 0 Å². The average molecular weight is 272 g/mol. The second-order valence-corrected chi connectivity index (χ2v) is 6.19. The molecule has 0 bridgehead atoms. The Hall–Kier alpha value is -0.0800. The van der Waals surface area contributed by atoms with Gasteiger partial charge in [0.05, 0.1) is 13.2 Å². The molecule has 0 rings (SSSR count). The number of methoxy groups -OCH3 is 2. The fourth-order valence-electron chi connectivity index (χ4n) is 3.23.